The third-order valence-corrected chi connectivity index (χ3v) is 2.91. The van der Waals surface area contributed by atoms with E-state index in [1.165, 1.54) is 17.8 Å². The quantitative estimate of drug-likeness (QED) is 0.671. The molecule has 0 amide bonds. The number of aromatic nitrogens is 1. The molecular weight excluding hydrogens is 156 g/mol. The smallest absolute Gasteiger partial charge is 0.0958 e. The van der Waals surface area contributed by atoms with E-state index >= 15 is 0 Å². The van der Waals surface area contributed by atoms with Crippen molar-refractivity contribution in [2.75, 3.05) is 0 Å². The first-order chi connectivity index (χ1) is 5.40. The van der Waals surface area contributed by atoms with Gasteiger partial charge in [-0.25, -0.2) is 4.98 Å². The van der Waals surface area contributed by atoms with Crippen LogP contribution in [-0.2, 0) is 6.42 Å². The zero-order valence-electron chi connectivity index (χ0n) is 6.08. The zero-order chi connectivity index (χ0) is 7.68. The van der Waals surface area contributed by atoms with Crippen LogP contribution in [0.25, 0.3) is 0 Å². The van der Waals surface area contributed by atoms with Crippen molar-refractivity contribution in [2.24, 2.45) is 0 Å². The first-order valence-electron chi connectivity index (χ1n) is 3.71. The van der Waals surface area contributed by atoms with Crippen LogP contribution in [0.15, 0.2) is 6.20 Å². The second-order valence-electron chi connectivity index (χ2n) is 2.77. The van der Waals surface area contributed by atoms with Gasteiger partial charge in [0.15, 0.2) is 0 Å². The lowest BCUT2D eigenvalue weighted by atomic mass is 10.4. The van der Waals surface area contributed by atoms with Crippen molar-refractivity contribution in [2.45, 2.75) is 25.2 Å². The molecule has 1 aliphatic carbocycles. The summed E-state index contributed by atoms with van der Waals surface area (Å²) in [5.41, 5.74) is 0. The molecule has 0 aromatic carbocycles. The van der Waals surface area contributed by atoms with Crippen molar-refractivity contribution in [3.05, 3.63) is 16.1 Å². The Labute approximate surface area is 69.5 Å². The summed E-state index contributed by atoms with van der Waals surface area (Å²) in [6, 6.07) is 2.13. The minimum Gasteiger partial charge on any atom is -0.249 e. The Kier molecular flexibility index (Phi) is 1.63. The fraction of sp³-hybridized carbons (Fsp3) is 0.500. The van der Waals surface area contributed by atoms with Gasteiger partial charge in [0.2, 0.25) is 0 Å². The van der Waals surface area contributed by atoms with E-state index in [4.69, 9.17) is 5.26 Å². The summed E-state index contributed by atoms with van der Waals surface area (Å²) < 4.78 is 0. The van der Waals surface area contributed by atoms with Crippen LogP contribution < -0.4 is 0 Å². The minimum absolute atomic E-state index is 0.518. The van der Waals surface area contributed by atoms with Crippen molar-refractivity contribution in [3.8, 4) is 6.07 Å². The SMILES string of the molecule is N#CCc1cnc(C2CC2)s1. The van der Waals surface area contributed by atoms with Crippen LogP contribution in [0.2, 0.25) is 0 Å². The number of rotatable bonds is 2. The minimum atomic E-state index is 0.518. The fourth-order valence-corrected chi connectivity index (χ4v) is 2.02. The lowest BCUT2D eigenvalue weighted by Gasteiger charge is -1.83. The summed E-state index contributed by atoms with van der Waals surface area (Å²) in [5.74, 6) is 0.729. The Bertz CT molecular complexity index is 293. The molecule has 1 saturated carbocycles. The monoisotopic (exact) mass is 164 g/mol. The number of nitriles is 1. The molecule has 56 valence electrons. The van der Waals surface area contributed by atoms with Crippen LogP contribution in [0.4, 0.5) is 0 Å². The normalized spacial score (nSPS) is 16.3. The zero-order valence-corrected chi connectivity index (χ0v) is 6.90. The molecule has 0 unspecified atom stereocenters. The van der Waals surface area contributed by atoms with E-state index in [9.17, 15) is 0 Å². The highest BCUT2D eigenvalue weighted by Gasteiger charge is 2.26. The number of nitrogens with zero attached hydrogens (tertiary/aromatic N) is 2. The lowest BCUT2D eigenvalue weighted by Crippen LogP contribution is -1.70. The molecule has 0 atom stereocenters. The van der Waals surface area contributed by atoms with Crippen LogP contribution in [-0.4, -0.2) is 4.98 Å². The molecular formula is C8H8N2S. The molecule has 1 aliphatic rings. The van der Waals surface area contributed by atoms with Gasteiger partial charge in [0.25, 0.3) is 0 Å². The van der Waals surface area contributed by atoms with Crippen LogP contribution >= 0.6 is 11.3 Å². The van der Waals surface area contributed by atoms with E-state index in [2.05, 4.69) is 11.1 Å². The number of hydrogen-bond donors (Lipinski definition) is 0. The van der Waals surface area contributed by atoms with E-state index < -0.39 is 0 Å². The Morgan fingerprint density at radius 1 is 1.73 bits per heavy atom. The third-order valence-electron chi connectivity index (χ3n) is 1.75. The lowest BCUT2D eigenvalue weighted by molar-refractivity contribution is 1.08. The molecule has 0 bridgehead atoms. The van der Waals surface area contributed by atoms with Crippen molar-refractivity contribution >= 4 is 11.3 Å². The molecule has 0 aliphatic heterocycles. The first kappa shape index (κ1) is 6.81. The first-order valence-corrected chi connectivity index (χ1v) is 4.53. The largest absolute Gasteiger partial charge is 0.249 e. The van der Waals surface area contributed by atoms with Crippen molar-refractivity contribution in [1.82, 2.24) is 4.98 Å². The van der Waals surface area contributed by atoms with Gasteiger partial charge in [-0.2, -0.15) is 5.26 Å². The molecule has 2 rings (SSSR count). The van der Waals surface area contributed by atoms with Crippen LogP contribution in [0.3, 0.4) is 0 Å². The van der Waals surface area contributed by atoms with Crippen molar-refractivity contribution in [1.29, 1.82) is 5.26 Å². The molecule has 0 radical (unpaired) electrons. The maximum absolute atomic E-state index is 8.41. The summed E-state index contributed by atoms with van der Waals surface area (Å²) >= 11 is 1.69. The van der Waals surface area contributed by atoms with Gasteiger partial charge in [-0.1, -0.05) is 0 Å². The van der Waals surface area contributed by atoms with Crippen molar-refractivity contribution in [3.63, 3.8) is 0 Å². The van der Waals surface area contributed by atoms with Gasteiger partial charge in [-0.05, 0) is 12.8 Å². The van der Waals surface area contributed by atoms with Crippen LogP contribution in [0, 0.1) is 11.3 Å². The van der Waals surface area contributed by atoms with E-state index in [-0.39, 0.29) is 0 Å². The van der Waals surface area contributed by atoms with Crippen molar-refractivity contribution < 1.29 is 0 Å². The van der Waals surface area contributed by atoms with Gasteiger partial charge in [0, 0.05) is 17.0 Å². The maximum atomic E-state index is 8.41. The third kappa shape index (κ3) is 1.41. The predicted molar refractivity (Wildman–Crippen MR) is 43.4 cm³/mol. The molecule has 2 nitrogen and oxygen atoms in total. The van der Waals surface area contributed by atoms with E-state index in [1.54, 1.807) is 11.3 Å². The number of hydrogen-bond acceptors (Lipinski definition) is 3. The summed E-state index contributed by atoms with van der Waals surface area (Å²) in [5, 5.41) is 9.64. The van der Waals surface area contributed by atoms with Crippen LogP contribution in [0.5, 0.6) is 0 Å². The van der Waals surface area contributed by atoms with Crippen LogP contribution in [0.1, 0.15) is 28.6 Å². The molecule has 0 spiro atoms. The highest BCUT2D eigenvalue weighted by molar-refractivity contribution is 7.11. The Morgan fingerprint density at radius 3 is 3.18 bits per heavy atom. The maximum Gasteiger partial charge on any atom is 0.0958 e. The summed E-state index contributed by atoms with van der Waals surface area (Å²) in [7, 11) is 0. The predicted octanol–water partition coefficient (Wildman–Crippen LogP) is 2.09. The van der Waals surface area contributed by atoms with Gasteiger partial charge in [-0.3, -0.25) is 0 Å². The summed E-state index contributed by atoms with van der Waals surface area (Å²) in [6.45, 7) is 0. The van der Waals surface area contributed by atoms with Gasteiger partial charge >= 0.3 is 0 Å². The highest BCUT2D eigenvalue weighted by Crippen LogP contribution is 2.41. The van der Waals surface area contributed by atoms with E-state index in [0.29, 0.717) is 6.42 Å². The summed E-state index contributed by atoms with van der Waals surface area (Å²) in [6.07, 6.45) is 4.94. The van der Waals surface area contributed by atoms with Gasteiger partial charge in [-0.15, -0.1) is 11.3 Å². The van der Waals surface area contributed by atoms with Gasteiger partial charge < -0.3 is 0 Å². The van der Waals surface area contributed by atoms with Gasteiger partial charge in [0.05, 0.1) is 17.5 Å². The molecule has 0 N–H and O–H groups in total. The molecule has 11 heavy (non-hydrogen) atoms. The topological polar surface area (TPSA) is 36.7 Å². The Morgan fingerprint density at radius 2 is 2.55 bits per heavy atom. The molecule has 1 fully saturated rings. The molecule has 1 heterocycles. The second-order valence-corrected chi connectivity index (χ2v) is 3.92. The average molecular weight is 164 g/mol. The summed E-state index contributed by atoms with van der Waals surface area (Å²) in [4.78, 5) is 5.37. The Balaban J connectivity index is 2.13. The van der Waals surface area contributed by atoms with E-state index in [1.807, 2.05) is 6.20 Å². The highest BCUT2D eigenvalue weighted by atomic mass is 32.1. The number of thiazole rings is 1. The fourth-order valence-electron chi connectivity index (χ4n) is 1.00. The van der Waals surface area contributed by atoms with E-state index in [0.717, 1.165) is 10.8 Å². The molecule has 0 saturated heterocycles. The average Bonchev–Trinajstić information content (AvgIpc) is 2.75. The standard InChI is InChI=1S/C8H8N2S/c9-4-3-7-5-10-8(11-7)6-1-2-6/h5-6H,1-3H2. The molecule has 3 heteroatoms. The Hall–Kier alpha value is -0.880. The second kappa shape index (κ2) is 2.63. The van der Waals surface area contributed by atoms with Gasteiger partial charge in [0.1, 0.15) is 0 Å². The molecule has 1 aromatic rings. The molecule has 1 aromatic heterocycles.